The van der Waals surface area contributed by atoms with Crippen molar-refractivity contribution < 1.29 is 19.5 Å². The molecular formula is C18H28N2O4. The maximum Gasteiger partial charge on any atom is 0.307 e. The summed E-state index contributed by atoms with van der Waals surface area (Å²) in [5, 5.41) is 9.09. The molecule has 134 valence electrons. The number of aliphatic carboxylic acids is 1. The fraction of sp³-hybridized carbons (Fsp3) is 0.833. The number of piperazine rings is 1. The number of carboxylic acids is 1. The van der Waals surface area contributed by atoms with Gasteiger partial charge in [0.1, 0.15) is 0 Å². The van der Waals surface area contributed by atoms with Crippen molar-refractivity contribution in [2.75, 3.05) is 26.2 Å². The van der Waals surface area contributed by atoms with E-state index in [1.165, 1.54) is 25.7 Å². The number of nitrogens with zero attached hydrogens (tertiary/aromatic N) is 2. The second-order valence-corrected chi connectivity index (χ2v) is 7.52. The molecule has 3 aliphatic rings. The number of carbonyl (C=O) groups excluding carboxylic acids is 2. The average Bonchev–Trinajstić information content (AvgIpc) is 3.04. The highest BCUT2D eigenvalue weighted by molar-refractivity contribution is 5.86. The van der Waals surface area contributed by atoms with Crippen LogP contribution in [0.15, 0.2) is 0 Å². The standard InChI is InChI=1S/C18H28N2O4/c21-16(8-5-13-3-1-2-4-13)19-9-11-20(12-10-19)17(22)14-6-7-15(14)18(23)24/h13-15H,1-12H2,(H,23,24). The number of hydrogen-bond acceptors (Lipinski definition) is 3. The summed E-state index contributed by atoms with van der Waals surface area (Å²) in [5.41, 5.74) is 0. The molecule has 2 aliphatic carbocycles. The highest BCUT2D eigenvalue weighted by atomic mass is 16.4. The summed E-state index contributed by atoms with van der Waals surface area (Å²) in [6.07, 6.45) is 8.05. The molecule has 6 heteroatoms. The number of carboxylic acid groups (broad SMARTS) is 1. The molecule has 1 N–H and O–H groups in total. The highest BCUT2D eigenvalue weighted by Crippen LogP contribution is 2.36. The Balaban J connectivity index is 1.41. The van der Waals surface area contributed by atoms with E-state index in [9.17, 15) is 14.4 Å². The van der Waals surface area contributed by atoms with Crippen molar-refractivity contribution in [3.05, 3.63) is 0 Å². The van der Waals surface area contributed by atoms with Gasteiger partial charge in [0.15, 0.2) is 0 Å². The molecule has 1 saturated heterocycles. The van der Waals surface area contributed by atoms with Crippen molar-refractivity contribution in [1.82, 2.24) is 9.80 Å². The molecule has 2 amide bonds. The summed E-state index contributed by atoms with van der Waals surface area (Å²) in [4.78, 5) is 39.4. The SMILES string of the molecule is O=C(O)C1CCC1C(=O)N1CCN(C(=O)CCC2CCCC2)CC1. The molecule has 1 aliphatic heterocycles. The van der Waals surface area contributed by atoms with Crippen LogP contribution >= 0.6 is 0 Å². The first kappa shape index (κ1) is 17.2. The summed E-state index contributed by atoms with van der Waals surface area (Å²) in [6.45, 7) is 2.24. The smallest absolute Gasteiger partial charge is 0.307 e. The molecule has 3 rings (SSSR count). The van der Waals surface area contributed by atoms with Gasteiger partial charge < -0.3 is 14.9 Å². The van der Waals surface area contributed by atoms with Crippen LogP contribution in [0, 0.1) is 17.8 Å². The van der Waals surface area contributed by atoms with E-state index in [2.05, 4.69) is 0 Å². The summed E-state index contributed by atoms with van der Waals surface area (Å²) in [7, 11) is 0. The third kappa shape index (κ3) is 3.73. The lowest BCUT2D eigenvalue weighted by Gasteiger charge is -2.40. The number of carbonyl (C=O) groups is 3. The van der Waals surface area contributed by atoms with Crippen molar-refractivity contribution in [3.63, 3.8) is 0 Å². The van der Waals surface area contributed by atoms with Crippen LogP contribution in [0.4, 0.5) is 0 Å². The van der Waals surface area contributed by atoms with Crippen LogP contribution in [0.5, 0.6) is 0 Å². The fourth-order valence-electron chi connectivity index (χ4n) is 4.29. The predicted octanol–water partition coefficient (Wildman–Crippen LogP) is 1.74. The Hall–Kier alpha value is -1.59. The largest absolute Gasteiger partial charge is 0.481 e. The fourth-order valence-corrected chi connectivity index (χ4v) is 4.29. The molecule has 3 fully saturated rings. The summed E-state index contributed by atoms with van der Waals surface area (Å²) < 4.78 is 0. The van der Waals surface area contributed by atoms with E-state index in [1.807, 2.05) is 4.90 Å². The van der Waals surface area contributed by atoms with Crippen LogP contribution in [0.1, 0.15) is 51.4 Å². The normalized spacial score (nSPS) is 27.8. The monoisotopic (exact) mass is 336 g/mol. The number of hydrogen-bond donors (Lipinski definition) is 1. The minimum Gasteiger partial charge on any atom is -0.481 e. The Morgan fingerprint density at radius 1 is 0.833 bits per heavy atom. The van der Waals surface area contributed by atoms with Crippen LogP contribution < -0.4 is 0 Å². The molecule has 2 atom stereocenters. The quantitative estimate of drug-likeness (QED) is 0.829. The van der Waals surface area contributed by atoms with Gasteiger partial charge in [0.05, 0.1) is 11.8 Å². The van der Waals surface area contributed by atoms with Gasteiger partial charge in [0.25, 0.3) is 0 Å². The van der Waals surface area contributed by atoms with E-state index in [0.29, 0.717) is 45.4 Å². The first-order valence-corrected chi connectivity index (χ1v) is 9.35. The molecule has 0 spiro atoms. The Bertz CT molecular complexity index is 493. The summed E-state index contributed by atoms with van der Waals surface area (Å²) >= 11 is 0. The predicted molar refractivity (Wildman–Crippen MR) is 88.2 cm³/mol. The van der Waals surface area contributed by atoms with Gasteiger partial charge in [0.2, 0.25) is 11.8 Å². The number of rotatable bonds is 5. The lowest BCUT2D eigenvalue weighted by atomic mass is 9.73. The molecule has 0 radical (unpaired) electrons. The molecular weight excluding hydrogens is 308 g/mol. The Morgan fingerprint density at radius 3 is 1.96 bits per heavy atom. The van der Waals surface area contributed by atoms with Gasteiger partial charge in [-0.1, -0.05) is 25.7 Å². The van der Waals surface area contributed by atoms with Gasteiger partial charge >= 0.3 is 5.97 Å². The Kier molecular flexibility index (Phi) is 5.41. The molecule has 1 heterocycles. The van der Waals surface area contributed by atoms with Crippen molar-refractivity contribution in [2.45, 2.75) is 51.4 Å². The molecule has 2 saturated carbocycles. The Labute approximate surface area is 143 Å². The molecule has 24 heavy (non-hydrogen) atoms. The van der Waals surface area contributed by atoms with Crippen molar-refractivity contribution in [2.24, 2.45) is 17.8 Å². The van der Waals surface area contributed by atoms with Crippen LogP contribution in [-0.4, -0.2) is 58.9 Å². The van der Waals surface area contributed by atoms with Crippen LogP contribution in [0.25, 0.3) is 0 Å². The van der Waals surface area contributed by atoms with E-state index in [0.717, 1.165) is 12.3 Å². The second-order valence-electron chi connectivity index (χ2n) is 7.52. The van der Waals surface area contributed by atoms with Gasteiger partial charge in [-0.15, -0.1) is 0 Å². The minimum absolute atomic E-state index is 0.0355. The molecule has 2 unspecified atom stereocenters. The van der Waals surface area contributed by atoms with Crippen molar-refractivity contribution >= 4 is 17.8 Å². The third-order valence-corrected chi connectivity index (χ3v) is 6.09. The zero-order valence-corrected chi connectivity index (χ0v) is 14.3. The lowest BCUT2D eigenvalue weighted by molar-refractivity contribution is -0.157. The Morgan fingerprint density at radius 2 is 1.42 bits per heavy atom. The van der Waals surface area contributed by atoms with E-state index < -0.39 is 11.9 Å². The van der Waals surface area contributed by atoms with E-state index >= 15 is 0 Å². The van der Waals surface area contributed by atoms with Crippen molar-refractivity contribution in [3.8, 4) is 0 Å². The van der Waals surface area contributed by atoms with Crippen molar-refractivity contribution in [1.29, 1.82) is 0 Å². The minimum atomic E-state index is -0.861. The van der Waals surface area contributed by atoms with Gasteiger partial charge in [-0.05, 0) is 25.2 Å². The molecule has 0 aromatic carbocycles. The van der Waals surface area contributed by atoms with Gasteiger partial charge in [-0.2, -0.15) is 0 Å². The van der Waals surface area contributed by atoms with E-state index in [4.69, 9.17) is 5.11 Å². The highest BCUT2D eigenvalue weighted by Gasteiger charge is 2.43. The molecule has 0 aromatic heterocycles. The maximum atomic E-state index is 12.4. The van der Waals surface area contributed by atoms with Crippen LogP contribution in [0.3, 0.4) is 0 Å². The average molecular weight is 336 g/mol. The summed E-state index contributed by atoms with van der Waals surface area (Å²) in [6, 6.07) is 0. The number of amides is 2. The molecule has 6 nitrogen and oxygen atoms in total. The lowest BCUT2D eigenvalue weighted by Crippen LogP contribution is -2.54. The first-order valence-electron chi connectivity index (χ1n) is 9.35. The molecule has 0 bridgehead atoms. The zero-order valence-electron chi connectivity index (χ0n) is 14.3. The third-order valence-electron chi connectivity index (χ3n) is 6.09. The second kappa shape index (κ2) is 7.53. The van der Waals surface area contributed by atoms with Gasteiger partial charge in [-0.3, -0.25) is 14.4 Å². The van der Waals surface area contributed by atoms with Gasteiger partial charge in [-0.25, -0.2) is 0 Å². The van der Waals surface area contributed by atoms with E-state index in [-0.39, 0.29) is 17.7 Å². The zero-order chi connectivity index (χ0) is 17.1. The van der Waals surface area contributed by atoms with Crippen LogP contribution in [-0.2, 0) is 14.4 Å². The van der Waals surface area contributed by atoms with E-state index in [1.54, 1.807) is 4.90 Å². The molecule has 0 aromatic rings. The summed E-state index contributed by atoms with van der Waals surface area (Å²) in [5.74, 6) is -0.827. The van der Waals surface area contributed by atoms with Gasteiger partial charge in [0, 0.05) is 32.6 Å². The first-order chi connectivity index (χ1) is 11.6. The maximum absolute atomic E-state index is 12.4. The van der Waals surface area contributed by atoms with Crippen LogP contribution in [0.2, 0.25) is 0 Å². The topological polar surface area (TPSA) is 77.9 Å².